The molecule has 0 radical (unpaired) electrons. The maximum Gasteiger partial charge on any atom is 0.249 e. The summed E-state index contributed by atoms with van der Waals surface area (Å²) in [7, 11) is 0. The first kappa shape index (κ1) is 11.2. The van der Waals surface area contributed by atoms with Gasteiger partial charge >= 0.3 is 0 Å². The first-order valence-electron chi connectivity index (χ1n) is 5.35. The van der Waals surface area contributed by atoms with Gasteiger partial charge in [0.1, 0.15) is 0 Å². The molecule has 0 bridgehead atoms. The summed E-state index contributed by atoms with van der Waals surface area (Å²) < 4.78 is 0. The summed E-state index contributed by atoms with van der Waals surface area (Å²) in [5.74, 6) is 0.195. The first-order valence-corrected chi connectivity index (χ1v) is 5.35. The lowest BCUT2D eigenvalue weighted by molar-refractivity contribution is -0.129. The van der Waals surface area contributed by atoms with Gasteiger partial charge in [-0.05, 0) is 20.3 Å². The molecule has 1 aliphatic heterocycles. The SMILES string of the molecule is CC/C=C(/C)C(=O)N1CCNC[C@H]1C. The monoisotopic (exact) mass is 196 g/mol. The standard InChI is InChI=1S/C11H20N2O/c1-4-5-9(2)11(14)13-7-6-12-8-10(13)3/h5,10,12H,4,6-8H2,1-3H3/b9-5-/t10-/m1/s1. The van der Waals surface area contributed by atoms with Crippen LogP contribution in [0, 0.1) is 0 Å². The number of allylic oxidation sites excluding steroid dienone is 1. The van der Waals surface area contributed by atoms with E-state index in [0.717, 1.165) is 31.6 Å². The molecule has 1 aliphatic rings. The topological polar surface area (TPSA) is 32.3 Å². The van der Waals surface area contributed by atoms with E-state index in [4.69, 9.17) is 0 Å². The molecule has 0 aromatic rings. The van der Waals surface area contributed by atoms with Crippen molar-refractivity contribution in [3.05, 3.63) is 11.6 Å². The second-order valence-electron chi connectivity index (χ2n) is 3.85. The highest BCUT2D eigenvalue weighted by molar-refractivity contribution is 5.93. The van der Waals surface area contributed by atoms with E-state index < -0.39 is 0 Å². The van der Waals surface area contributed by atoms with Crippen LogP contribution in [0.5, 0.6) is 0 Å². The van der Waals surface area contributed by atoms with Gasteiger partial charge in [0.25, 0.3) is 0 Å². The van der Waals surface area contributed by atoms with E-state index in [0.29, 0.717) is 6.04 Å². The predicted octanol–water partition coefficient (Wildman–Crippen LogP) is 1.16. The lowest BCUT2D eigenvalue weighted by atomic mass is 10.1. The number of piperazine rings is 1. The Kier molecular flexibility index (Phi) is 4.14. The molecule has 1 fully saturated rings. The summed E-state index contributed by atoms with van der Waals surface area (Å²) in [5.41, 5.74) is 0.876. The maximum atomic E-state index is 11.9. The highest BCUT2D eigenvalue weighted by atomic mass is 16.2. The van der Waals surface area contributed by atoms with Crippen LogP contribution in [0.25, 0.3) is 0 Å². The van der Waals surface area contributed by atoms with Crippen LogP contribution in [0.4, 0.5) is 0 Å². The Bertz CT molecular complexity index is 235. The molecular formula is C11H20N2O. The molecule has 1 saturated heterocycles. The van der Waals surface area contributed by atoms with Gasteiger partial charge in [-0.1, -0.05) is 13.0 Å². The van der Waals surface area contributed by atoms with Gasteiger partial charge in [0.15, 0.2) is 0 Å². The third kappa shape index (κ3) is 2.58. The van der Waals surface area contributed by atoms with E-state index in [1.165, 1.54) is 0 Å². The number of amides is 1. The van der Waals surface area contributed by atoms with Gasteiger partial charge in [0, 0.05) is 31.2 Å². The molecule has 0 aromatic carbocycles. The average molecular weight is 196 g/mol. The number of carbonyl (C=O) groups is 1. The largest absolute Gasteiger partial charge is 0.334 e. The molecule has 1 amide bonds. The molecule has 3 heteroatoms. The van der Waals surface area contributed by atoms with Gasteiger partial charge in [-0.3, -0.25) is 4.79 Å². The number of hydrogen-bond acceptors (Lipinski definition) is 2. The molecule has 80 valence electrons. The predicted molar refractivity (Wildman–Crippen MR) is 58.1 cm³/mol. The van der Waals surface area contributed by atoms with Crippen LogP contribution in [0.15, 0.2) is 11.6 Å². The Morgan fingerprint density at radius 2 is 2.36 bits per heavy atom. The van der Waals surface area contributed by atoms with Crippen molar-refractivity contribution >= 4 is 5.91 Å². The van der Waals surface area contributed by atoms with Crippen molar-refractivity contribution in [3.8, 4) is 0 Å². The highest BCUT2D eigenvalue weighted by Gasteiger charge is 2.23. The normalized spacial score (nSPS) is 23.8. The molecule has 1 rings (SSSR count). The lowest BCUT2D eigenvalue weighted by Gasteiger charge is -2.34. The summed E-state index contributed by atoms with van der Waals surface area (Å²) in [4.78, 5) is 13.9. The number of nitrogens with one attached hydrogen (secondary N) is 1. The van der Waals surface area contributed by atoms with Crippen molar-refractivity contribution in [2.75, 3.05) is 19.6 Å². The Labute approximate surface area is 86.2 Å². The molecule has 0 saturated carbocycles. The van der Waals surface area contributed by atoms with Gasteiger partial charge in [0.05, 0.1) is 0 Å². The minimum absolute atomic E-state index is 0.195. The Morgan fingerprint density at radius 1 is 1.64 bits per heavy atom. The van der Waals surface area contributed by atoms with Crippen molar-refractivity contribution in [3.63, 3.8) is 0 Å². The summed E-state index contributed by atoms with van der Waals surface area (Å²) >= 11 is 0. The molecule has 1 atom stereocenters. The van der Waals surface area contributed by atoms with Crippen molar-refractivity contribution in [1.82, 2.24) is 10.2 Å². The van der Waals surface area contributed by atoms with Gasteiger partial charge < -0.3 is 10.2 Å². The van der Waals surface area contributed by atoms with E-state index in [2.05, 4.69) is 19.2 Å². The van der Waals surface area contributed by atoms with Gasteiger partial charge in [0.2, 0.25) is 5.91 Å². The molecule has 0 aromatic heterocycles. The van der Waals surface area contributed by atoms with E-state index in [9.17, 15) is 4.79 Å². The van der Waals surface area contributed by atoms with Crippen molar-refractivity contribution < 1.29 is 4.79 Å². The first-order chi connectivity index (χ1) is 6.66. The summed E-state index contributed by atoms with van der Waals surface area (Å²) in [6, 6.07) is 0.316. The second-order valence-corrected chi connectivity index (χ2v) is 3.85. The van der Waals surface area contributed by atoms with Crippen LogP contribution in [0.3, 0.4) is 0 Å². The average Bonchev–Trinajstić information content (AvgIpc) is 2.18. The van der Waals surface area contributed by atoms with Crippen LogP contribution < -0.4 is 5.32 Å². The molecule has 1 heterocycles. The van der Waals surface area contributed by atoms with Crippen LogP contribution >= 0.6 is 0 Å². The molecular weight excluding hydrogens is 176 g/mol. The molecule has 3 nitrogen and oxygen atoms in total. The van der Waals surface area contributed by atoms with E-state index in [-0.39, 0.29) is 5.91 Å². The van der Waals surface area contributed by atoms with E-state index >= 15 is 0 Å². The Morgan fingerprint density at radius 3 is 2.93 bits per heavy atom. The van der Waals surface area contributed by atoms with Gasteiger partial charge in [-0.15, -0.1) is 0 Å². The van der Waals surface area contributed by atoms with Crippen molar-refractivity contribution in [1.29, 1.82) is 0 Å². The highest BCUT2D eigenvalue weighted by Crippen LogP contribution is 2.08. The van der Waals surface area contributed by atoms with Crippen molar-refractivity contribution in [2.45, 2.75) is 33.2 Å². The quantitative estimate of drug-likeness (QED) is 0.672. The zero-order valence-electron chi connectivity index (χ0n) is 9.34. The van der Waals surface area contributed by atoms with E-state index in [1.54, 1.807) is 0 Å². The van der Waals surface area contributed by atoms with Crippen LogP contribution in [-0.2, 0) is 4.79 Å². The van der Waals surface area contributed by atoms with Gasteiger partial charge in [-0.25, -0.2) is 0 Å². The smallest absolute Gasteiger partial charge is 0.249 e. The summed E-state index contributed by atoms with van der Waals surface area (Å²) in [6.45, 7) is 8.69. The third-order valence-electron chi connectivity index (χ3n) is 2.61. The molecule has 1 N–H and O–H groups in total. The Hall–Kier alpha value is -0.830. The minimum atomic E-state index is 0.195. The molecule has 0 aliphatic carbocycles. The maximum absolute atomic E-state index is 11.9. The fraction of sp³-hybridized carbons (Fsp3) is 0.727. The number of rotatable bonds is 2. The molecule has 0 spiro atoms. The lowest BCUT2D eigenvalue weighted by Crippen LogP contribution is -2.52. The zero-order chi connectivity index (χ0) is 10.6. The number of carbonyl (C=O) groups excluding carboxylic acids is 1. The molecule has 14 heavy (non-hydrogen) atoms. The minimum Gasteiger partial charge on any atom is -0.334 e. The molecule has 0 unspecified atom stereocenters. The number of nitrogens with zero attached hydrogens (tertiary/aromatic N) is 1. The Balaban J connectivity index is 2.62. The summed E-state index contributed by atoms with van der Waals surface area (Å²) in [6.07, 6.45) is 2.93. The second kappa shape index (κ2) is 5.15. The number of hydrogen-bond donors (Lipinski definition) is 1. The zero-order valence-corrected chi connectivity index (χ0v) is 9.34. The van der Waals surface area contributed by atoms with Crippen LogP contribution in [-0.4, -0.2) is 36.5 Å². The van der Waals surface area contributed by atoms with Crippen LogP contribution in [0.1, 0.15) is 27.2 Å². The summed E-state index contributed by atoms with van der Waals surface area (Å²) in [5, 5.41) is 3.28. The van der Waals surface area contributed by atoms with E-state index in [1.807, 2.05) is 17.9 Å². The third-order valence-corrected chi connectivity index (χ3v) is 2.61. The van der Waals surface area contributed by atoms with Gasteiger partial charge in [-0.2, -0.15) is 0 Å². The van der Waals surface area contributed by atoms with Crippen molar-refractivity contribution in [2.24, 2.45) is 0 Å². The fourth-order valence-electron chi connectivity index (χ4n) is 1.76. The fourth-order valence-corrected chi connectivity index (χ4v) is 1.76. The van der Waals surface area contributed by atoms with Crippen LogP contribution in [0.2, 0.25) is 0 Å².